The first kappa shape index (κ1) is 16.0. The number of anilines is 2. The largest absolute Gasteiger partial charge is 0.380 e. The number of nitrogens with zero attached hydrogens (tertiary/aromatic N) is 2. The second kappa shape index (κ2) is 8.17. The molecule has 1 aromatic rings. The molecule has 5 heteroatoms. The summed E-state index contributed by atoms with van der Waals surface area (Å²) >= 11 is 0. The van der Waals surface area contributed by atoms with Crippen LogP contribution in [0.15, 0.2) is 6.07 Å². The molecule has 0 aliphatic heterocycles. The first-order valence-corrected chi connectivity index (χ1v) is 8.13. The molecule has 0 amide bonds. The summed E-state index contributed by atoms with van der Waals surface area (Å²) < 4.78 is 5.61. The van der Waals surface area contributed by atoms with E-state index in [9.17, 15) is 0 Å². The minimum absolute atomic E-state index is 0.562. The highest BCUT2D eigenvalue weighted by Crippen LogP contribution is 2.38. The van der Waals surface area contributed by atoms with Crippen molar-refractivity contribution in [3.63, 3.8) is 0 Å². The molecule has 0 saturated heterocycles. The Hall–Kier alpha value is -1.36. The third-order valence-electron chi connectivity index (χ3n) is 3.44. The van der Waals surface area contributed by atoms with E-state index in [1.54, 1.807) is 0 Å². The van der Waals surface area contributed by atoms with E-state index in [0.29, 0.717) is 18.4 Å². The lowest BCUT2D eigenvalue weighted by Gasteiger charge is -2.11. The number of hydrogen-bond acceptors (Lipinski definition) is 5. The number of rotatable bonds is 10. The summed E-state index contributed by atoms with van der Waals surface area (Å²) in [5, 5.41) is 6.61. The van der Waals surface area contributed by atoms with Gasteiger partial charge in [-0.25, -0.2) is 9.97 Å². The second-order valence-corrected chi connectivity index (χ2v) is 6.02. The first-order valence-electron chi connectivity index (χ1n) is 8.13. The van der Waals surface area contributed by atoms with Crippen LogP contribution in [0.1, 0.15) is 51.8 Å². The van der Waals surface area contributed by atoms with E-state index in [1.165, 1.54) is 12.8 Å². The van der Waals surface area contributed by atoms with Crippen LogP contribution in [0.3, 0.4) is 0 Å². The molecule has 0 atom stereocenters. The van der Waals surface area contributed by atoms with Gasteiger partial charge in [-0.15, -0.1) is 0 Å². The van der Waals surface area contributed by atoms with Crippen LogP contribution in [-0.4, -0.2) is 36.3 Å². The maximum atomic E-state index is 5.61. The SMILES string of the molecule is CCNc1cc(NCCOCCC(C)C)nc(C2CC2)n1. The highest BCUT2D eigenvalue weighted by molar-refractivity contribution is 5.48. The standard InChI is InChI=1S/C16H28N4O/c1-4-17-14-11-15(20-16(19-14)13-5-6-13)18-8-10-21-9-7-12(2)3/h11-13H,4-10H2,1-3H3,(H2,17,18,19,20). The summed E-state index contributed by atoms with van der Waals surface area (Å²) in [5.74, 6) is 4.04. The molecule has 0 unspecified atom stereocenters. The maximum absolute atomic E-state index is 5.61. The summed E-state index contributed by atoms with van der Waals surface area (Å²) in [5.41, 5.74) is 0. The highest BCUT2D eigenvalue weighted by Gasteiger charge is 2.27. The van der Waals surface area contributed by atoms with Gasteiger partial charge in [0.15, 0.2) is 0 Å². The number of hydrogen-bond donors (Lipinski definition) is 2. The van der Waals surface area contributed by atoms with Crippen molar-refractivity contribution < 1.29 is 4.74 Å². The van der Waals surface area contributed by atoms with Crippen LogP contribution in [0, 0.1) is 5.92 Å². The molecule has 2 rings (SSSR count). The zero-order chi connectivity index (χ0) is 15.1. The van der Waals surface area contributed by atoms with Crippen molar-refractivity contribution in [1.29, 1.82) is 0 Å². The molecule has 118 valence electrons. The summed E-state index contributed by atoms with van der Waals surface area (Å²) in [4.78, 5) is 9.17. The lowest BCUT2D eigenvalue weighted by atomic mass is 10.1. The van der Waals surface area contributed by atoms with Gasteiger partial charge < -0.3 is 15.4 Å². The molecule has 1 aromatic heterocycles. The summed E-state index contributed by atoms with van der Waals surface area (Å²) in [7, 11) is 0. The van der Waals surface area contributed by atoms with Gasteiger partial charge in [-0.05, 0) is 32.1 Å². The monoisotopic (exact) mass is 292 g/mol. The smallest absolute Gasteiger partial charge is 0.136 e. The third kappa shape index (κ3) is 5.87. The predicted octanol–water partition coefficient (Wildman–Crippen LogP) is 3.26. The molecule has 0 radical (unpaired) electrons. The van der Waals surface area contributed by atoms with E-state index in [2.05, 4.69) is 41.4 Å². The van der Waals surface area contributed by atoms with Crippen molar-refractivity contribution in [1.82, 2.24) is 9.97 Å². The zero-order valence-electron chi connectivity index (χ0n) is 13.5. The van der Waals surface area contributed by atoms with Gasteiger partial charge in [0.1, 0.15) is 17.5 Å². The lowest BCUT2D eigenvalue weighted by Crippen LogP contribution is -2.13. The van der Waals surface area contributed by atoms with Crippen molar-refractivity contribution in [2.75, 3.05) is 36.9 Å². The molecule has 1 saturated carbocycles. The van der Waals surface area contributed by atoms with Crippen LogP contribution in [0.4, 0.5) is 11.6 Å². The molecule has 0 bridgehead atoms. The van der Waals surface area contributed by atoms with Crippen LogP contribution in [-0.2, 0) is 4.74 Å². The van der Waals surface area contributed by atoms with Gasteiger partial charge in [-0.1, -0.05) is 13.8 Å². The highest BCUT2D eigenvalue weighted by atomic mass is 16.5. The van der Waals surface area contributed by atoms with E-state index in [4.69, 9.17) is 4.74 Å². The fourth-order valence-electron chi connectivity index (χ4n) is 2.02. The average Bonchev–Trinajstić information content (AvgIpc) is 3.27. The predicted molar refractivity (Wildman–Crippen MR) is 86.9 cm³/mol. The Labute approximate surface area is 127 Å². The molecule has 0 aromatic carbocycles. The zero-order valence-corrected chi connectivity index (χ0v) is 13.5. The molecular formula is C16H28N4O. The summed E-state index contributed by atoms with van der Waals surface area (Å²) in [6.07, 6.45) is 3.55. The summed E-state index contributed by atoms with van der Waals surface area (Å²) in [6.45, 7) is 9.71. The van der Waals surface area contributed by atoms with Crippen LogP contribution in [0.25, 0.3) is 0 Å². The van der Waals surface area contributed by atoms with E-state index >= 15 is 0 Å². The van der Waals surface area contributed by atoms with E-state index < -0.39 is 0 Å². The van der Waals surface area contributed by atoms with Gasteiger partial charge in [0.2, 0.25) is 0 Å². The Balaban J connectivity index is 1.78. The van der Waals surface area contributed by atoms with E-state index in [0.717, 1.165) is 43.6 Å². The molecule has 0 spiro atoms. The van der Waals surface area contributed by atoms with Crippen molar-refractivity contribution in [3.05, 3.63) is 11.9 Å². The fraction of sp³-hybridized carbons (Fsp3) is 0.750. The lowest BCUT2D eigenvalue weighted by molar-refractivity contribution is 0.132. The Morgan fingerprint density at radius 3 is 2.52 bits per heavy atom. The van der Waals surface area contributed by atoms with E-state index in [1.807, 2.05) is 6.07 Å². The number of nitrogens with one attached hydrogen (secondary N) is 2. The van der Waals surface area contributed by atoms with Gasteiger partial charge in [-0.2, -0.15) is 0 Å². The minimum Gasteiger partial charge on any atom is -0.380 e. The van der Waals surface area contributed by atoms with Crippen LogP contribution >= 0.6 is 0 Å². The molecule has 2 N–H and O–H groups in total. The molecule has 1 aliphatic carbocycles. The Morgan fingerprint density at radius 1 is 1.19 bits per heavy atom. The number of aromatic nitrogens is 2. The Morgan fingerprint density at radius 2 is 1.90 bits per heavy atom. The average molecular weight is 292 g/mol. The van der Waals surface area contributed by atoms with Crippen molar-refractivity contribution in [3.8, 4) is 0 Å². The molecule has 21 heavy (non-hydrogen) atoms. The van der Waals surface area contributed by atoms with Gasteiger partial charge in [-0.3, -0.25) is 0 Å². The van der Waals surface area contributed by atoms with Gasteiger partial charge in [0, 0.05) is 31.7 Å². The maximum Gasteiger partial charge on any atom is 0.136 e. The first-order chi connectivity index (χ1) is 10.2. The molecule has 1 heterocycles. The van der Waals surface area contributed by atoms with Crippen molar-refractivity contribution >= 4 is 11.6 Å². The van der Waals surface area contributed by atoms with E-state index in [-0.39, 0.29) is 0 Å². The normalized spacial score (nSPS) is 14.5. The van der Waals surface area contributed by atoms with Crippen molar-refractivity contribution in [2.45, 2.75) is 46.0 Å². The Kier molecular flexibility index (Phi) is 6.23. The topological polar surface area (TPSA) is 59.1 Å². The summed E-state index contributed by atoms with van der Waals surface area (Å²) in [6, 6.07) is 1.98. The molecule has 1 aliphatic rings. The van der Waals surface area contributed by atoms with Gasteiger partial charge in [0.05, 0.1) is 6.61 Å². The number of ether oxygens (including phenoxy) is 1. The Bertz CT molecular complexity index is 432. The van der Waals surface area contributed by atoms with Crippen molar-refractivity contribution in [2.24, 2.45) is 5.92 Å². The molecule has 1 fully saturated rings. The minimum atomic E-state index is 0.562. The van der Waals surface area contributed by atoms with Gasteiger partial charge in [0.25, 0.3) is 0 Å². The quantitative estimate of drug-likeness (QED) is 0.648. The van der Waals surface area contributed by atoms with Crippen LogP contribution in [0.5, 0.6) is 0 Å². The van der Waals surface area contributed by atoms with Gasteiger partial charge >= 0.3 is 0 Å². The molecular weight excluding hydrogens is 264 g/mol. The fourth-order valence-corrected chi connectivity index (χ4v) is 2.02. The van der Waals surface area contributed by atoms with Crippen LogP contribution < -0.4 is 10.6 Å². The third-order valence-corrected chi connectivity index (χ3v) is 3.44. The second-order valence-electron chi connectivity index (χ2n) is 6.02. The van der Waals surface area contributed by atoms with Crippen LogP contribution in [0.2, 0.25) is 0 Å². The molecule has 5 nitrogen and oxygen atoms in total.